The molecule has 1 rings (SSSR count). The molecule has 15 heavy (non-hydrogen) atoms. The summed E-state index contributed by atoms with van der Waals surface area (Å²) < 4.78 is 11.9. The fourth-order valence-corrected chi connectivity index (χ4v) is 2.73. The highest BCUT2D eigenvalue weighted by atomic mass is 35.5. The summed E-state index contributed by atoms with van der Waals surface area (Å²) in [7, 11) is -1.30. The molecular formula is C11H13ClO2S. The van der Waals surface area contributed by atoms with Gasteiger partial charge in [-0.2, -0.15) is 0 Å². The number of benzene rings is 1. The average molecular weight is 245 g/mol. The first-order chi connectivity index (χ1) is 7.06. The second-order valence-electron chi connectivity index (χ2n) is 3.22. The van der Waals surface area contributed by atoms with Gasteiger partial charge in [0.2, 0.25) is 0 Å². The maximum atomic E-state index is 11.9. The zero-order valence-corrected chi connectivity index (χ0v) is 10.3. The molecule has 0 heterocycles. The molecule has 0 fully saturated rings. The molecule has 0 saturated carbocycles. The van der Waals surface area contributed by atoms with Crippen molar-refractivity contribution in [3.8, 4) is 0 Å². The normalized spacial score (nSPS) is 14.6. The number of hydrogen-bond donors (Lipinski definition) is 0. The first kappa shape index (κ1) is 12.4. The standard InChI is InChI=1S/C11H13ClO2S/c1-3-11(13)8(2)15(14)10-6-4-5-9(12)7-10/h4-8H,3H2,1-2H3. The fraction of sp³-hybridized carbons (Fsp3) is 0.364. The number of Topliss-reactive ketones (excluding diaryl/α,β-unsaturated/α-hetero) is 1. The number of ketones is 1. The summed E-state index contributed by atoms with van der Waals surface area (Å²) in [5, 5.41) is 0.0745. The third-order valence-corrected chi connectivity index (χ3v) is 4.01. The Morgan fingerprint density at radius 1 is 1.53 bits per heavy atom. The van der Waals surface area contributed by atoms with Gasteiger partial charge in [0.15, 0.2) is 0 Å². The van der Waals surface area contributed by atoms with Crippen LogP contribution in [0.25, 0.3) is 0 Å². The van der Waals surface area contributed by atoms with Crippen LogP contribution in [0.15, 0.2) is 29.2 Å². The summed E-state index contributed by atoms with van der Waals surface area (Å²) in [5.41, 5.74) is 0. The van der Waals surface area contributed by atoms with Crippen LogP contribution >= 0.6 is 11.6 Å². The van der Waals surface area contributed by atoms with Gasteiger partial charge in [0.05, 0.1) is 16.0 Å². The third kappa shape index (κ3) is 3.14. The van der Waals surface area contributed by atoms with Crippen LogP contribution in [-0.4, -0.2) is 15.2 Å². The van der Waals surface area contributed by atoms with Gasteiger partial charge < -0.3 is 0 Å². The monoisotopic (exact) mass is 244 g/mol. The summed E-state index contributed by atoms with van der Waals surface area (Å²) in [6.07, 6.45) is 0.410. The van der Waals surface area contributed by atoms with Crippen molar-refractivity contribution in [3.05, 3.63) is 29.3 Å². The minimum atomic E-state index is -1.30. The molecule has 1 aromatic carbocycles. The lowest BCUT2D eigenvalue weighted by molar-refractivity contribution is -0.118. The van der Waals surface area contributed by atoms with Gasteiger partial charge in [-0.1, -0.05) is 24.6 Å². The summed E-state index contributed by atoms with van der Waals surface area (Å²) in [6, 6.07) is 6.81. The zero-order valence-electron chi connectivity index (χ0n) is 8.70. The Hall–Kier alpha value is -0.670. The molecule has 0 aromatic heterocycles. The zero-order chi connectivity index (χ0) is 11.4. The second kappa shape index (κ2) is 5.42. The SMILES string of the molecule is CCC(=O)C(C)S(=O)c1cccc(Cl)c1. The Kier molecular flexibility index (Phi) is 4.48. The van der Waals surface area contributed by atoms with Gasteiger partial charge in [-0.3, -0.25) is 9.00 Å². The van der Waals surface area contributed by atoms with E-state index < -0.39 is 16.0 Å². The van der Waals surface area contributed by atoms with Crippen molar-refractivity contribution in [2.75, 3.05) is 0 Å². The largest absolute Gasteiger partial charge is 0.298 e. The molecule has 0 N–H and O–H groups in total. The quantitative estimate of drug-likeness (QED) is 0.816. The van der Waals surface area contributed by atoms with Gasteiger partial charge in [-0.15, -0.1) is 0 Å². The first-order valence-electron chi connectivity index (χ1n) is 4.75. The molecule has 0 saturated heterocycles. The summed E-state index contributed by atoms with van der Waals surface area (Å²) in [4.78, 5) is 12.0. The Morgan fingerprint density at radius 2 is 2.20 bits per heavy atom. The summed E-state index contributed by atoms with van der Waals surface area (Å²) in [6.45, 7) is 3.46. The Bertz CT molecular complexity index is 390. The molecule has 0 radical (unpaired) electrons. The van der Waals surface area contributed by atoms with Gasteiger partial charge >= 0.3 is 0 Å². The van der Waals surface area contributed by atoms with E-state index >= 15 is 0 Å². The van der Waals surface area contributed by atoms with Crippen LogP contribution in [0.5, 0.6) is 0 Å². The van der Waals surface area contributed by atoms with E-state index in [9.17, 15) is 9.00 Å². The molecule has 0 aliphatic carbocycles. The van der Waals surface area contributed by atoms with Crippen molar-refractivity contribution in [2.24, 2.45) is 0 Å². The Morgan fingerprint density at radius 3 is 2.73 bits per heavy atom. The molecule has 1 aromatic rings. The van der Waals surface area contributed by atoms with Crippen molar-refractivity contribution in [3.63, 3.8) is 0 Å². The van der Waals surface area contributed by atoms with Crippen molar-refractivity contribution in [1.29, 1.82) is 0 Å². The minimum absolute atomic E-state index is 0.00769. The van der Waals surface area contributed by atoms with Crippen molar-refractivity contribution in [2.45, 2.75) is 30.4 Å². The number of carbonyl (C=O) groups is 1. The Balaban J connectivity index is 2.90. The van der Waals surface area contributed by atoms with Crippen LogP contribution in [0.4, 0.5) is 0 Å². The Labute approximate surface area is 97.1 Å². The highest BCUT2D eigenvalue weighted by Crippen LogP contribution is 2.17. The smallest absolute Gasteiger partial charge is 0.148 e. The van der Waals surface area contributed by atoms with E-state index in [1.165, 1.54) is 0 Å². The van der Waals surface area contributed by atoms with E-state index in [4.69, 9.17) is 11.6 Å². The van der Waals surface area contributed by atoms with Crippen LogP contribution in [0, 0.1) is 0 Å². The van der Waals surface area contributed by atoms with E-state index in [1.54, 1.807) is 38.1 Å². The predicted octanol–water partition coefficient (Wildman–Crippen LogP) is 2.82. The molecule has 0 aliphatic heterocycles. The van der Waals surface area contributed by atoms with Gasteiger partial charge in [0, 0.05) is 16.3 Å². The minimum Gasteiger partial charge on any atom is -0.298 e. The number of halogens is 1. The molecular weight excluding hydrogens is 232 g/mol. The van der Waals surface area contributed by atoms with Gasteiger partial charge in [0.25, 0.3) is 0 Å². The number of carbonyl (C=O) groups excluding carboxylic acids is 1. The lowest BCUT2D eigenvalue weighted by Crippen LogP contribution is -2.21. The average Bonchev–Trinajstić information content (AvgIpc) is 2.26. The maximum absolute atomic E-state index is 11.9. The van der Waals surface area contributed by atoms with Gasteiger partial charge in [-0.25, -0.2) is 0 Å². The van der Waals surface area contributed by atoms with E-state index in [1.807, 2.05) is 0 Å². The van der Waals surface area contributed by atoms with Crippen LogP contribution in [0.3, 0.4) is 0 Å². The third-order valence-electron chi connectivity index (χ3n) is 2.15. The fourth-order valence-electron chi connectivity index (χ4n) is 1.20. The molecule has 0 amide bonds. The molecule has 2 atom stereocenters. The van der Waals surface area contributed by atoms with Crippen LogP contribution in [0.2, 0.25) is 5.02 Å². The van der Waals surface area contributed by atoms with Gasteiger partial charge in [-0.05, 0) is 25.1 Å². The van der Waals surface area contributed by atoms with E-state index in [2.05, 4.69) is 0 Å². The summed E-state index contributed by atoms with van der Waals surface area (Å²) >= 11 is 5.79. The maximum Gasteiger partial charge on any atom is 0.148 e. The van der Waals surface area contributed by atoms with Crippen molar-refractivity contribution >= 4 is 28.2 Å². The second-order valence-corrected chi connectivity index (χ2v) is 5.43. The number of hydrogen-bond acceptors (Lipinski definition) is 2. The molecule has 82 valence electrons. The summed E-state index contributed by atoms with van der Waals surface area (Å²) in [5.74, 6) is 0.00769. The molecule has 0 aliphatic rings. The van der Waals surface area contributed by atoms with E-state index in [0.29, 0.717) is 16.3 Å². The lowest BCUT2D eigenvalue weighted by Gasteiger charge is -2.09. The highest BCUT2D eigenvalue weighted by Gasteiger charge is 2.19. The molecule has 2 unspecified atom stereocenters. The predicted molar refractivity (Wildman–Crippen MR) is 62.6 cm³/mol. The van der Waals surface area contributed by atoms with Gasteiger partial charge in [0.1, 0.15) is 5.78 Å². The van der Waals surface area contributed by atoms with Crippen molar-refractivity contribution in [1.82, 2.24) is 0 Å². The molecule has 0 spiro atoms. The van der Waals surface area contributed by atoms with E-state index in [0.717, 1.165) is 0 Å². The van der Waals surface area contributed by atoms with E-state index in [-0.39, 0.29) is 5.78 Å². The molecule has 0 bridgehead atoms. The first-order valence-corrected chi connectivity index (χ1v) is 6.34. The highest BCUT2D eigenvalue weighted by molar-refractivity contribution is 7.86. The molecule has 4 heteroatoms. The number of rotatable bonds is 4. The topological polar surface area (TPSA) is 34.1 Å². The lowest BCUT2D eigenvalue weighted by atomic mass is 10.2. The molecule has 2 nitrogen and oxygen atoms in total. The van der Waals surface area contributed by atoms with Crippen LogP contribution < -0.4 is 0 Å². The van der Waals surface area contributed by atoms with Crippen LogP contribution in [0.1, 0.15) is 20.3 Å². The van der Waals surface area contributed by atoms with Crippen molar-refractivity contribution < 1.29 is 9.00 Å². The van der Waals surface area contributed by atoms with Crippen LogP contribution in [-0.2, 0) is 15.6 Å².